The van der Waals surface area contributed by atoms with Crippen molar-refractivity contribution in [3.05, 3.63) is 18.5 Å². The average Bonchev–Trinajstić information content (AvgIpc) is 2.47. The van der Waals surface area contributed by atoms with Gasteiger partial charge in [-0.2, -0.15) is 0 Å². The maximum Gasteiger partial charge on any atom is 0.325 e. The molecule has 124 valence electrons. The van der Waals surface area contributed by atoms with Crippen molar-refractivity contribution in [3.63, 3.8) is 0 Å². The normalized spacial score (nSPS) is 32.7. The summed E-state index contributed by atoms with van der Waals surface area (Å²) in [4.78, 5) is 25.3. The number of nitrogens with zero attached hydrogens (tertiary/aromatic N) is 2. The van der Waals surface area contributed by atoms with Crippen LogP contribution in [-0.4, -0.2) is 71.9 Å². The van der Waals surface area contributed by atoms with E-state index in [9.17, 15) is 19.9 Å². The van der Waals surface area contributed by atoms with Crippen molar-refractivity contribution in [2.45, 2.75) is 37.1 Å². The average molecular weight is 336 g/mol. The summed E-state index contributed by atoms with van der Waals surface area (Å²) in [5.74, 6) is 0. The van der Waals surface area contributed by atoms with Crippen molar-refractivity contribution in [1.29, 1.82) is 0 Å². The van der Waals surface area contributed by atoms with Crippen LogP contribution in [0.25, 0.3) is 0 Å². The number of rotatable bonds is 5. The summed E-state index contributed by atoms with van der Waals surface area (Å²) < 4.78 is 21.4. The molecule has 2 heterocycles. The van der Waals surface area contributed by atoms with Gasteiger partial charge in [0, 0.05) is 12.4 Å². The fourth-order valence-corrected chi connectivity index (χ4v) is 2.59. The van der Waals surface area contributed by atoms with Crippen LogP contribution in [0.5, 0.6) is 6.01 Å². The smallest absolute Gasteiger partial charge is 0.325 e. The first kappa shape index (κ1) is 17.2. The first-order valence-electron chi connectivity index (χ1n) is 6.46. The highest BCUT2D eigenvalue weighted by Gasteiger charge is 2.45. The first-order chi connectivity index (χ1) is 10.3. The quantitative estimate of drug-likeness (QED) is 0.389. The minimum Gasteiger partial charge on any atom is -0.430 e. The second-order valence-corrected chi connectivity index (χ2v) is 6.62. The molecule has 10 nitrogen and oxygen atoms in total. The van der Waals surface area contributed by atoms with Crippen LogP contribution in [0.4, 0.5) is 0 Å². The van der Waals surface area contributed by atoms with Gasteiger partial charge in [0.15, 0.2) is 0 Å². The van der Waals surface area contributed by atoms with Gasteiger partial charge in [-0.15, -0.1) is 0 Å². The van der Waals surface area contributed by atoms with Gasteiger partial charge in [0.2, 0.25) is 6.29 Å². The summed E-state index contributed by atoms with van der Waals surface area (Å²) in [5, 5.41) is 29.5. The van der Waals surface area contributed by atoms with Gasteiger partial charge < -0.3 is 34.6 Å². The van der Waals surface area contributed by atoms with E-state index in [1.54, 1.807) is 6.07 Å². The molecule has 0 spiro atoms. The Balaban J connectivity index is 2.05. The van der Waals surface area contributed by atoms with E-state index in [4.69, 9.17) is 19.3 Å². The molecule has 0 bridgehead atoms. The maximum absolute atomic E-state index is 10.9. The Morgan fingerprint density at radius 2 is 1.77 bits per heavy atom. The van der Waals surface area contributed by atoms with Crippen LogP contribution in [0, 0.1) is 0 Å². The van der Waals surface area contributed by atoms with E-state index in [0.717, 1.165) is 0 Å². The lowest BCUT2D eigenvalue weighted by molar-refractivity contribution is -0.273. The molecule has 11 heteroatoms. The SMILES string of the molecule is O=P(O)(O)CC[C@H]1OC(Oc2ncccn2)[C@@H](O)[C@@H](O)[C@@H]1O. The van der Waals surface area contributed by atoms with Gasteiger partial charge in [0.25, 0.3) is 0 Å². The molecule has 5 atom stereocenters. The van der Waals surface area contributed by atoms with Crippen LogP contribution in [0.15, 0.2) is 18.5 Å². The molecule has 1 aromatic rings. The maximum atomic E-state index is 10.9. The van der Waals surface area contributed by atoms with Crippen molar-refractivity contribution in [1.82, 2.24) is 9.97 Å². The highest BCUT2D eigenvalue weighted by Crippen LogP contribution is 2.37. The van der Waals surface area contributed by atoms with E-state index in [1.165, 1.54) is 12.4 Å². The van der Waals surface area contributed by atoms with Crippen LogP contribution in [0.1, 0.15) is 6.42 Å². The fourth-order valence-electron chi connectivity index (χ4n) is 2.00. The predicted molar refractivity (Wildman–Crippen MR) is 70.9 cm³/mol. The molecule has 0 amide bonds. The number of aromatic nitrogens is 2. The third-order valence-corrected chi connectivity index (χ3v) is 3.98. The number of hydrogen-bond acceptors (Lipinski definition) is 8. The van der Waals surface area contributed by atoms with Gasteiger partial charge in [-0.25, -0.2) is 9.97 Å². The standard InChI is InChI=1S/C11H17N2O8P/c14-7-6(2-5-22(17,18)19)20-10(9(16)8(7)15)21-11-12-3-1-4-13-11/h1,3-4,6-10,14-16H,2,5H2,(H2,17,18,19)/t6-,7-,8+,9+,10?/m1/s1. The minimum atomic E-state index is -4.28. The number of aliphatic hydroxyl groups excluding tert-OH is 3. The Labute approximate surface area is 125 Å². The molecule has 0 radical (unpaired) electrons. The van der Waals surface area contributed by atoms with Crippen molar-refractivity contribution in [2.75, 3.05) is 6.16 Å². The van der Waals surface area contributed by atoms with Gasteiger partial charge >= 0.3 is 13.6 Å². The van der Waals surface area contributed by atoms with E-state index < -0.39 is 44.5 Å². The van der Waals surface area contributed by atoms with Crippen molar-refractivity contribution < 1.29 is 39.1 Å². The second kappa shape index (κ2) is 6.97. The topological polar surface area (TPSA) is 162 Å². The number of aliphatic hydroxyl groups is 3. The van der Waals surface area contributed by atoms with Crippen molar-refractivity contribution in [3.8, 4) is 6.01 Å². The summed E-state index contributed by atoms with van der Waals surface area (Å²) >= 11 is 0. The third kappa shape index (κ3) is 4.43. The Morgan fingerprint density at radius 1 is 1.14 bits per heavy atom. The Morgan fingerprint density at radius 3 is 2.36 bits per heavy atom. The number of hydrogen-bond donors (Lipinski definition) is 5. The third-order valence-electron chi connectivity index (χ3n) is 3.14. The van der Waals surface area contributed by atoms with Gasteiger partial charge in [-0.3, -0.25) is 4.57 Å². The highest BCUT2D eigenvalue weighted by atomic mass is 31.2. The molecule has 1 aliphatic heterocycles. The zero-order chi connectivity index (χ0) is 16.3. The molecule has 0 aromatic carbocycles. The summed E-state index contributed by atoms with van der Waals surface area (Å²) in [7, 11) is -4.28. The predicted octanol–water partition coefficient (Wildman–Crippen LogP) is -1.77. The highest BCUT2D eigenvalue weighted by molar-refractivity contribution is 7.51. The van der Waals surface area contributed by atoms with Gasteiger partial charge in [-0.1, -0.05) is 0 Å². The Kier molecular flexibility index (Phi) is 5.45. The molecule has 5 N–H and O–H groups in total. The van der Waals surface area contributed by atoms with E-state index in [1.807, 2.05) is 0 Å². The summed E-state index contributed by atoms with van der Waals surface area (Å²) in [6.45, 7) is 0. The molecular formula is C11H17N2O8P. The first-order valence-corrected chi connectivity index (χ1v) is 8.25. The minimum absolute atomic E-state index is 0.108. The molecule has 1 aliphatic rings. The summed E-state index contributed by atoms with van der Waals surface area (Å²) in [5.41, 5.74) is 0. The monoisotopic (exact) mass is 336 g/mol. The largest absolute Gasteiger partial charge is 0.430 e. The summed E-state index contributed by atoms with van der Waals surface area (Å²) in [6, 6.07) is 1.44. The molecule has 1 unspecified atom stereocenters. The van der Waals surface area contributed by atoms with Crippen LogP contribution >= 0.6 is 7.60 Å². The zero-order valence-electron chi connectivity index (χ0n) is 11.3. The Bertz CT molecular complexity index is 526. The van der Waals surface area contributed by atoms with Crippen molar-refractivity contribution in [2.24, 2.45) is 0 Å². The van der Waals surface area contributed by atoms with Gasteiger partial charge in [0.1, 0.15) is 18.3 Å². The fraction of sp³-hybridized carbons (Fsp3) is 0.636. The molecule has 1 saturated heterocycles. The van der Waals surface area contributed by atoms with Crippen LogP contribution in [0.3, 0.4) is 0 Å². The molecular weight excluding hydrogens is 319 g/mol. The van der Waals surface area contributed by atoms with Crippen LogP contribution in [-0.2, 0) is 9.30 Å². The molecule has 22 heavy (non-hydrogen) atoms. The van der Waals surface area contributed by atoms with Gasteiger partial charge in [-0.05, 0) is 12.5 Å². The van der Waals surface area contributed by atoms with E-state index in [2.05, 4.69) is 9.97 Å². The molecule has 0 saturated carbocycles. The molecule has 0 aliphatic carbocycles. The Hall–Kier alpha value is -1.13. The zero-order valence-corrected chi connectivity index (χ0v) is 12.2. The molecule has 1 aromatic heterocycles. The van der Waals surface area contributed by atoms with Crippen molar-refractivity contribution >= 4 is 7.60 Å². The molecule has 2 rings (SSSR count). The summed E-state index contributed by atoms with van der Waals surface area (Å²) in [6.07, 6.45) is -5.10. The van der Waals surface area contributed by atoms with Crippen LogP contribution < -0.4 is 4.74 Å². The number of ether oxygens (including phenoxy) is 2. The lowest BCUT2D eigenvalue weighted by Gasteiger charge is -2.39. The van der Waals surface area contributed by atoms with Crippen LogP contribution in [0.2, 0.25) is 0 Å². The second-order valence-electron chi connectivity index (χ2n) is 4.84. The lowest BCUT2D eigenvalue weighted by atomic mass is 9.97. The lowest BCUT2D eigenvalue weighted by Crippen LogP contribution is -2.59. The van der Waals surface area contributed by atoms with E-state index >= 15 is 0 Å². The van der Waals surface area contributed by atoms with Gasteiger partial charge in [0.05, 0.1) is 12.3 Å². The molecule has 1 fully saturated rings. The van der Waals surface area contributed by atoms with E-state index in [-0.39, 0.29) is 12.4 Å². The van der Waals surface area contributed by atoms with E-state index in [0.29, 0.717) is 0 Å².